The van der Waals surface area contributed by atoms with Gasteiger partial charge in [-0.05, 0) is 25.8 Å². The first kappa shape index (κ1) is 16.3. The van der Waals surface area contributed by atoms with Crippen molar-refractivity contribution in [3.63, 3.8) is 0 Å². The minimum Gasteiger partial charge on any atom is -0.425 e. The van der Waals surface area contributed by atoms with Crippen LogP contribution in [0, 0.1) is 5.92 Å². The number of rotatable bonds is 6. The van der Waals surface area contributed by atoms with Crippen LogP contribution in [0.5, 0.6) is 0 Å². The maximum Gasteiger partial charge on any atom is 0.392 e. The lowest BCUT2D eigenvalue weighted by Crippen LogP contribution is -2.31. The largest absolute Gasteiger partial charge is 0.425 e. The van der Waals surface area contributed by atoms with Gasteiger partial charge >= 0.3 is 6.18 Å². The summed E-state index contributed by atoms with van der Waals surface area (Å²) in [5.74, 6) is -1.45. The van der Waals surface area contributed by atoms with Gasteiger partial charge in [-0.15, -0.1) is 10.2 Å². The number of hydrogen-bond acceptors (Lipinski definition) is 4. The third-order valence-electron chi connectivity index (χ3n) is 3.93. The van der Waals surface area contributed by atoms with Crippen molar-refractivity contribution in [1.82, 2.24) is 15.5 Å². The molecule has 0 aliphatic heterocycles. The average Bonchev–Trinajstić information content (AvgIpc) is 2.91. The first-order valence-corrected chi connectivity index (χ1v) is 7.62. The summed E-state index contributed by atoms with van der Waals surface area (Å²) in [5, 5.41) is 10.9. The van der Waals surface area contributed by atoms with Crippen LogP contribution in [0.3, 0.4) is 0 Å². The van der Waals surface area contributed by atoms with E-state index < -0.39 is 18.0 Å². The summed E-state index contributed by atoms with van der Waals surface area (Å²) in [4.78, 5) is 0. The number of hydrogen-bond donors (Lipinski definition) is 1. The number of nitrogens with one attached hydrogen (secondary N) is 1. The van der Waals surface area contributed by atoms with Gasteiger partial charge in [-0.1, -0.05) is 19.8 Å². The Morgan fingerprint density at radius 1 is 1.19 bits per heavy atom. The van der Waals surface area contributed by atoms with E-state index in [1.54, 1.807) is 0 Å². The van der Waals surface area contributed by atoms with Crippen molar-refractivity contribution in [3.8, 4) is 0 Å². The zero-order chi connectivity index (χ0) is 15.3. The Bertz CT molecular complexity index is 433. The Balaban J connectivity index is 1.98. The average molecular weight is 305 g/mol. The van der Waals surface area contributed by atoms with Gasteiger partial charge in [0.2, 0.25) is 11.8 Å². The molecule has 1 aromatic rings. The SMILES string of the molecule is CCCNCCc1nnc(C2CCCCC2C(F)(F)F)o1. The summed E-state index contributed by atoms with van der Waals surface area (Å²) in [7, 11) is 0. The van der Waals surface area contributed by atoms with Crippen LogP contribution in [0.2, 0.25) is 0 Å². The zero-order valence-corrected chi connectivity index (χ0v) is 12.2. The van der Waals surface area contributed by atoms with Crippen LogP contribution < -0.4 is 5.32 Å². The molecule has 1 N–H and O–H groups in total. The summed E-state index contributed by atoms with van der Waals surface area (Å²) in [6.45, 7) is 3.67. The number of halogens is 3. The molecular weight excluding hydrogens is 283 g/mol. The lowest BCUT2D eigenvalue weighted by Gasteiger charge is -2.30. The second kappa shape index (κ2) is 7.24. The minimum atomic E-state index is -4.19. The van der Waals surface area contributed by atoms with E-state index in [1.165, 1.54) is 0 Å². The van der Waals surface area contributed by atoms with Gasteiger partial charge in [-0.2, -0.15) is 13.2 Å². The van der Waals surface area contributed by atoms with Gasteiger partial charge in [0.25, 0.3) is 0 Å². The zero-order valence-electron chi connectivity index (χ0n) is 12.2. The maximum atomic E-state index is 13.1. The van der Waals surface area contributed by atoms with Crippen LogP contribution >= 0.6 is 0 Å². The van der Waals surface area contributed by atoms with Gasteiger partial charge in [0.05, 0.1) is 5.92 Å². The molecule has 1 heterocycles. The Hall–Kier alpha value is -1.11. The molecule has 1 aliphatic carbocycles. The Morgan fingerprint density at radius 2 is 1.95 bits per heavy atom. The molecule has 21 heavy (non-hydrogen) atoms. The molecule has 0 radical (unpaired) electrons. The predicted molar refractivity (Wildman–Crippen MR) is 71.9 cm³/mol. The third-order valence-corrected chi connectivity index (χ3v) is 3.93. The van der Waals surface area contributed by atoms with E-state index >= 15 is 0 Å². The van der Waals surface area contributed by atoms with Crippen LogP contribution in [0.15, 0.2) is 4.42 Å². The second-order valence-corrected chi connectivity index (χ2v) is 5.57. The van der Waals surface area contributed by atoms with Crippen LogP contribution in [-0.2, 0) is 6.42 Å². The van der Waals surface area contributed by atoms with Crippen molar-refractivity contribution in [2.45, 2.75) is 57.5 Å². The molecule has 0 spiro atoms. The second-order valence-electron chi connectivity index (χ2n) is 5.57. The van der Waals surface area contributed by atoms with Gasteiger partial charge < -0.3 is 9.73 Å². The fraction of sp³-hybridized carbons (Fsp3) is 0.857. The maximum absolute atomic E-state index is 13.1. The quantitative estimate of drug-likeness (QED) is 0.818. The number of aromatic nitrogens is 2. The topological polar surface area (TPSA) is 51.0 Å². The highest BCUT2D eigenvalue weighted by Crippen LogP contribution is 2.45. The Kier molecular flexibility index (Phi) is 5.61. The van der Waals surface area contributed by atoms with E-state index in [2.05, 4.69) is 22.4 Å². The van der Waals surface area contributed by atoms with Crippen molar-refractivity contribution >= 4 is 0 Å². The van der Waals surface area contributed by atoms with Crippen molar-refractivity contribution in [3.05, 3.63) is 11.8 Å². The standard InChI is InChI=1S/C14H22F3N3O/c1-2-8-18-9-7-12-19-20-13(21-12)10-5-3-4-6-11(10)14(15,16)17/h10-11,18H,2-9H2,1H3. The molecule has 0 aromatic carbocycles. The molecule has 0 saturated heterocycles. The molecule has 1 aromatic heterocycles. The molecule has 4 nitrogen and oxygen atoms in total. The van der Waals surface area contributed by atoms with Gasteiger partial charge in [0, 0.05) is 18.9 Å². The van der Waals surface area contributed by atoms with Crippen molar-refractivity contribution < 1.29 is 17.6 Å². The van der Waals surface area contributed by atoms with E-state index in [9.17, 15) is 13.2 Å². The van der Waals surface area contributed by atoms with Crippen LogP contribution in [0.4, 0.5) is 13.2 Å². The number of nitrogens with zero attached hydrogens (tertiary/aromatic N) is 2. The summed E-state index contributed by atoms with van der Waals surface area (Å²) in [6.07, 6.45) is -0.581. The van der Waals surface area contributed by atoms with Crippen molar-refractivity contribution in [2.75, 3.05) is 13.1 Å². The summed E-state index contributed by atoms with van der Waals surface area (Å²) in [6, 6.07) is 0. The van der Waals surface area contributed by atoms with E-state index in [-0.39, 0.29) is 12.3 Å². The molecule has 1 saturated carbocycles. The van der Waals surface area contributed by atoms with Gasteiger partial charge in [-0.25, -0.2) is 0 Å². The molecule has 2 unspecified atom stereocenters. The molecular formula is C14H22F3N3O. The molecule has 2 atom stereocenters. The fourth-order valence-corrected chi connectivity index (χ4v) is 2.83. The Labute approximate surface area is 122 Å². The van der Waals surface area contributed by atoms with Crippen LogP contribution in [0.1, 0.15) is 56.7 Å². The lowest BCUT2D eigenvalue weighted by molar-refractivity contribution is -0.188. The lowest BCUT2D eigenvalue weighted by atomic mass is 9.79. The molecule has 0 amide bonds. The summed E-state index contributed by atoms with van der Waals surface area (Å²) < 4.78 is 44.7. The Morgan fingerprint density at radius 3 is 2.67 bits per heavy atom. The minimum absolute atomic E-state index is 0.155. The van der Waals surface area contributed by atoms with Crippen molar-refractivity contribution in [1.29, 1.82) is 0 Å². The van der Waals surface area contributed by atoms with Crippen molar-refractivity contribution in [2.24, 2.45) is 5.92 Å². The highest BCUT2D eigenvalue weighted by molar-refractivity contribution is 4.99. The van der Waals surface area contributed by atoms with E-state index in [1.807, 2.05) is 0 Å². The third kappa shape index (κ3) is 4.43. The van der Waals surface area contributed by atoms with Crippen LogP contribution in [0.25, 0.3) is 0 Å². The highest BCUT2D eigenvalue weighted by Gasteiger charge is 2.47. The molecule has 1 fully saturated rings. The van der Waals surface area contributed by atoms with Crippen LogP contribution in [-0.4, -0.2) is 29.5 Å². The van der Waals surface area contributed by atoms with E-state index in [0.29, 0.717) is 31.7 Å². The summed E-state index contributed by atoms with van der Waals surface area (Å²) in [5.41, 5.74) is 0. The summed E-state index contributed by atoms with van der Waals surface area (Å²) >= 11 is 0. The molecule has 120 valence electrons. The molecule has 0 bridgehead atoms. The van der Waals surface area contributed by atoms with Gasteiger partial charge in [0.15, 0.2) is 0 Å². The van der Waals surface area contributed by atoms with E-state index in [0.717, 1.165) is 19.4 Å². The fourth-order valence-electron chi connectivity index (χ4n) is 2.83. The molecule has 2 rings (SSSR count). The van der Waals surface area contributed by atoms with Gasteiger partial charge in [0.1, 0.15) is 0 Å². The molecule has 1 aliphatic rings. The molecule has 7 heteroatoms. The first-order valence-electron chi connectivity index (χ1n) is 7.62. The first-order chi connectivity index (χ1) is 10.0. The highest BCUT2D eigenvalue weighted by atomic mass is 19.4. The monoisotopic (exact) mass is 305 g/mol. The predicted octanol–water partition coefficient (Wildman–Crippen LogP) is 3.45. The number of alkyl halides is 3. The normalized spacial score (nSPS) is 23.4. The van der Waals surface area contributed by atoms with Gasteiger partial charge in [-0.3, -0.25) is 0 Å². The smallest absolute Gasteiger partial charge is 0.392 e. The van der Waals surface area contributed by atoms with E-state index in [4.69, 9.17) is 4.42 Å².